The van der Waals surface area contributed by atoms with Crippen molar-refractivity contribution in [1.82, 2.24) is 4.90 Å². The van der Waals surface area contributed by atoms with Gasteiger partial charge in [0.25, 0.3) is 0 Å². The van der Waals surface area contributed by atoms with Crippen molar-refractivity contribution in [2.24, 2.45) is 11.3 Å². The molecular formula is C15H27NO4. The molecule has 1 aliphatic carbocycles. The van der Waals surface area contributed by atoms with Gasteiger partial charge in [0.1, 0.15) is 5.60 Å². The molecule has 20 heavy (non-hydrogen) atoms. The summed E-state index contributed by atoms with van der Waals surface area (Å²) in [5, 5.41) is 20.4. The smallest absolute Gasteiger partial charge is 0.410 e. The Morgan fingerprint density at radius 1 is 1.35 bits per heavy atom. The average Bonchev–Trinajstić information content (AvgIpc) is 3.01. The average molecular weight is 285 g/mol. The normalized spacial score (nSPS) is 32.9. The molecule has 5 heteroatoms. The number of likely N-dealkylation sites (tertiary alicyclic amines) is 1. The minimum atomic E-state index is -0.848. The van der Waals surface area contributed by atoms with Gasteiger partial charge in [-0.3, -0.25) is 0 Å². The molecule has 1 amide bonds. The van der Waals surface area contributed by atoms with Gasteiger partial charge in [-0.15, -0.1) is 0 Å². The lowest BCUT2D eigenvalue weighted by Crippen LogP contribution is -2.53. The van der Waals surface area contributed by atoms with Crippen LogP contribution < -0.4 is 0 Å². The molecule has 2 unspecified atom stereocenters. The quantitative estimate of drug-likeness (QED) is 0.811. The summed E-state index contributed by atoms with van der Waals surface area (Å²) in [4.78, 5) is 13.6. The Morgan fingerprint density at radius 2 is 1.85 bits per heavy atom. The van der Waals surface area contributed by atoms with Gasteiger partial charge in [-0.05, 0) is 46.0 Å². The Hall–Kier alpha value is -0.810. The molecule has 5 nitrogen and oxygen atoms in total. The topological polar surface area (TPSA) is 70.0 Å². The molecule has 0 radical (unpaired) electrons. The summed E-state index contributed by atoms with van der Waals surface area (Å²) in [6, 6.07) is 0. The lowest BCUT2D eigenvalue weighted by Gasteiger charge is -2.43. The molecule has 0 spiro atoms. The van der Waals surface area contributed by atoms with Crippen molar-refractivity contribution in [3.05, 3.63) is 0 Å². The third-order valence-corrected chi connectivity index (χ3v) is 4.90. The fraction of sp³-hybridized carbons (Fsp3) is 0.933. The van der Waals surface area contributed by atoms with Gasteiger partial charge in [-0.1, -0.05) is 6.92 Å². The summed E-state index contributed by atoms with van der Waals surface area (Å²) in [6.07, 6.45) is 1.57. The van der Waals surface area contributed by atoms with Crippen LogP contribution in [0.4, 0.5) is 4.79 Å². The second kappa shape index (κ2) is 4.88. The van der Waals surface area contributed by atoms with Crippen molar-refractivity contribution in [3.63, 3.8) is 0 Å². The number of piperidine rings is 1. The second-order valence-corrected chi connectivity index (χ2v) is 7.42. The molecule has 0 aromatic carbocycles. The van der Waals surface area contributed by atoms with Crippen LogP contribution >= 0.6 is 0 Å². The molecule has 1 saturated carbocycles. The first kappa shape index (κ1) is 15.6. The summed E-state index contributed by atoms with van der Waals surface area (Å²) >= 11 is 0. The van der Waals surface area contributed by atoms with Crippen molar-refractivity contribution < 1.29 is 19.7 Å². The van der Waals surface area contributed by atoms with Gasteiger partial charge in [-0.25, -0.2) is 4.79 Å². The first-order valence-corrected chi connectivity index (χ1v) is 7.45. The number of aliphatic hydroxyl groups excluding tert-OH is 1. The van der Waals surface area contributed by atoms with E-state index in [1.165, 1.54) is 0 Å². The Bertz CT molecular complexity index is 378. The largest absolute Gasteiger partial charge is 0.444 e. The number of aliphatic hydroxyl groups is 2. The fourth-order valence-electron chi connectivity index (χ4n) is 3.39. The number of amides is 1. The van der Waals surface area contributed by atoms with Crippen LogP contribution in [0.25, 0.3) is 0 Å². The Kier molecular flexibility index (Phi) is 3.80. The molecule has 2 rings (SSSR count). The highest BCUT2D eigenvalue weighted by molar-refractivity contribution is 5.68. The van der Waals surface area contributed by atoms with Crippen molar-refractivity contribution in [1.29, 1.82) is 0 Å². The van der Waals surface area contributed by atoms with Gasteiger partial charge in [0.2, 0.25) is 0 Å². The first-order valence-electron chi connectivity index (χ1n) is 7.45. The van der Waals surface area contributed by atoms with E-state index < -0.39 is 11.2 Å². The Labute approximate surface area is 120 Å². The summed E-state index contributed by atoms with van der Waals surface area (Å²) in [6.45, 7) is 8.60. The van der Waals surface area contributed by atoms with E-state index in [4.69, 9.17) is 4.74 Å². The molecule has 2 aliphatic rings. The Balaban J connectivity index is 1.94. The van der Waals surface area contributed by atoms with Crippen LogP contribution in [-0.4, -0.2) is 52.1 Å². The number of ether oxygens (including phenoxy) is 1. The lowest BCUT2D eigenvalue weighted by molar-refractivity contribution is -0.0997. The summed E-state index contributed by atoms with van der Waals surface area (Å²) in [5.74, 6) is 0.352. The number of carbonyl (C=O) groups excluding carboxylic acids is 1. The summed E-state index contributed by atoms with van der Waals surface area (Å²) < 4.78 is 5.35. The highest BCUT2D eigenvalue weighted by atomic mass is 16.6. The molecule has 2 atom stereocenters. The maximum atomic E-state index is 12.0. The monoisotopic (exact) mass is 285 g/mol. The minimum absolute atomic E-state index is 0.0249. The summed E-state index contributed by atoms with van der Waals surface area (Å²) in [5.41, 5.74) is -1.70. The van der Waals surface area contributed by atoms with Crippen molar-refractivity contribution in [2.75, 3.05) is 19.7 Å². The van der Waals surface area contributed by atoms with E-state index in [1.807, 2.05) is 20.8 Å². The number of hydrogen-bond donors (Lipinski definition) is 2. The third-order valence-electron chi connectivity index (χ3n) is 4.90. The molecule has 0 bridgehead atoms. The van der Waals surface area contributed by atoms with Crippen LogP contribution in [0.15, 0.2) is 0 Å². The predicted octanol–water partition coefficient (Wildman–Crippen LogP) is 1.77. The SMILES string of the molecule is CC1CC1(CO)C1(O)CCN(C(=O)OC(C)(C)C)CC1. The molecule has 116 valence electrons. The standard InChI is InChI=1S/C15H27NO4/c1-11-9-14(11,10-17)15(19)5-7-16(8-6-15)12(18)20-13(2,3)4/h11,17,19H,5-10H2,1-4H3. The zero-order valence-electron chi connectivity index (χ0n) is 13.0. The predicted molar refractivity (Wildman–Crippen MR) is 75.3 cm³/mol. The maximum Gasteiger partial charge on any atom is 0.410 e. The van der Waals surface area contributed by atoms with E-state index in [0.29, 0.717) is 31.8 Å². The van der Waals surface area contributed by atoms with Crippen LogP contribution in [0.2, 0.25) is 0 Å². The number of hydrogen-bond acceptors (Lipinski definition) is 4. The van der Waals surface area contributed by atoms with Gasteiger partial charge >= 0.3 is 6.09 Å². The van der Waals surface area contributed by atoms with Gasteiger partial charge < -0.3 is 19.8 Å². The van der Waals surface area contributed by atoms with Crippen LogP contribution in [0.3, 0.4) is 0 Å². The van der Waals surface area contributed by atoms with Crippen LogP contribution in [0, 0.1) is 11.3 Å². The second-order valence-electron chi connectivity index (χ2n) is 7.42. The van der Waals surface area contributed by atoms with Crippen molar-refractivity contribution >= 4 is 6.09 Å². The lowest BCUT2D eigenvalue weighted by atomic mass is 9.76. The van der Waals surface area contributed by atoms with Crippen LogP contribution in [0.1, 0.15) is 47.0 Å². The van der Waals surface area contributed by atoms with Crippen LogP contribution in [0.5, 0.6) is 0 Å². The zero-order valence-corrected chi connectivity index (χ0v) is 13.0. The molecule has 1 saturated heterocycles. The molecule has 2 fully saturated rings. The van der Waals surface area contributed by atoms with Crippen LogP contribution in [-0.2, 0) is 4.74 Å². The fourth-order valence-corrected chi connectivity index (χ4v) is 3.39. The maximum absolute atomic E-state index is 12.0. The molecule has 0 aromatic heterocycles. The van der Waals surface area contributed by atoms with E-state index >= 15 is 0 Å². The van der Waals surface area contributed by atoms with Gasteiger partial charge in [0, 0.05) is 18.5 Å². The van der Waals surface area contributed by atoms with Gasteiger partial charge in [0.05, 0.1) is 12.2 Å². The first-order chi connectivity index (χ1) is 9.13. The highest BCUT2D eigenvalue weighted by Crippen LogP contribution is 2.61. The van der Waals surface area contributed by atoms with E-state index in [-0.39, 0.29) is 18.1 Å². The van der Waals surface area contributed by atoms with E-state index in [2.05, 4.69) is 6.92 Å². The molecule has 1 aliphatic heterocycles. The third kappa shape index (κ3) is 2.66. The van der Waals surface area contributed by atoms with Gasteiger partial charge in [0.15, 0.2) is 0 Å². The van der Waals surface area contributed by atoms with Crippen molar-refractivity contribution in [2.45, 2.75) is 58.2 Å². The molecular weight excluding hydrogens is 258 g/mol. The Morgan fingerprint density at radius 3 is 2.20 bits per heavy atom. The van der Waals surface area contributed by atoms with E-state index in [0.717, 1.165) is 6.42 Å². The number of nitrogens with zero attached hydrogens (tertiary/aromatic N) is 1. The molecule has 2 N–H and O–H groups in total. The number of carbonyl (C=O) groups is 1. The summed E-state index contributed by atoms with van der Waals surface area (Å²) in [7, 11) is 0. The zero-order chi connectivity index (χ0) is 15.2. The molecule has 1 heterocycles. The van der Waals surface area contributed by atoms with Crippen molar-refractivity contribution in [3.8, 4) is 0 Å². The van der Waals surface area contributed by atoms with E-state index in [9.17, 15) is 15.0 Å². The van der Waals surface area contributed by atoms with Gasteiger partial charge in [-0.2, -0.15) is 0 Å². The minimum Gasteiger partial charge on any atom is -0.444 e. The molecule has 0 aromatic rings. The van der Waals surface area contributed by atoms with E-state index in [1.54, 1.807) is 4.90 Å². The highest BCUT2D eigenvalue weighted by Gasteiger charge is 2.64. The number of rotatable bonds is 2.